The zero-order chi connectivity index (χ0) is 17.3. The van der Waals surface area contributed by atoms with Crippen LogP contribution in [0.2, 0.25) is 0 Å². The monoisotopic (exact) mass is 364 g/mol. The van der Waals surface area contributed by atoms with Gasteiger partial charge in [-0.25, -0.2) is 4.79 Å². The predicted molar refractivity (Wildman–Crippen MR) is 83.5 cm³/mol. The smallest absolute Gasteiger partial charge is 0.404 e. The van der Waals surface area contributed by atoms with Crippen molar-refractivity contribution >= 4 is 35.0 Å². The van der Waals surface area contributed by atoms with Gasteiger partial charge < -0.3 is 14.2 Å². The summed E-state index contributed by atoms with van der Waals surface area (Å²) in [6.07, 6.45) is 0. The molecule has 0 aliphatic carbocycles. The standard InChI is InChI=1S/C14H15F2O5PS/c1-3-20-22(19,21-4-2)14(15,16)10-5-6-11-9(7-10)8-12(23-11)13(17)18/h5-8H,3-4H2,1-2H3,(H,17,18). The molecule has 0 unspecified atom stereocenters. The van der Waals surface area contributed by atoms with Gasteiger partial charge in [-0.2, -0.15) is 8.78 Å². The van der Waals surface area contributed by atoms with Gasteiger partial charge in [-0.3, -0.25) is 4.57 Å². The number of fused-ring (bicyclic) bond motifs is 1. The Morgan fingerprint density at radius 1 is 1.26 bits per heavy atom. The summed E-state index contributed by atoms with van der Waals surface area (Å²) in [5.41, 5.74) is -4.37. The van der Waals surface area contributed by atoms with E-state index in [0.717, 1.165) is 23.5 Å². The summed E-state index contributed by atoms with van der Waals surface area (Å²) < 4.78 is 51.7. The van der Waals surface area contributed by atoms with Crippen LogP contribution >= 0.6 is 18.9 Å². The van der Waals surface area contributed by atoms with Crippen molar-refractivity contribution in [1.29, 1.82) is 0 Å². The topological polar surface area (TPSA) is 72.8 Å². The normalized spacial score (nSPS) is 12.7. The molecule has 0 bridgehead atoms. The fraction of sp³-hybridized carbons (Fsp3) is 0.357. The van der Waals surface area contributed by atoms with Gasteiger partial charge >= 0.3 is 19.2 Å². The summed E-state index contributed by atoms with van der Waals surface area (Å²) >= 11 is 0.977. The van der Waals surface area contributed by atoms with E-state index in [-0.39, 0.29) is 18.1 Å². The van der Waals surface area contributed by atoms with Gasteiger partial charge in [-0.15, -0.1) is 11.3 Å². The Bertz CT molecular complexity index is 764. The summed E-state index contributed by atoms with van der Waals surface area (Å²) in [5.74, 6) is -1.13. The van der Waals surface area contributed by atoms with E-state index in [2.05, 4.69) is 0 Å². The van der Waals surface area contributed by atoms with Crippen molar-refractivity contribution in [2.75, 3.05) is 13.2 Å². The number of hydrogen-bond acceptors (Lipinski definition) is 5. The number of carboxylic acid groups (broad SMARTS) is 1. The fourth-order valence-electron chi connectivity index (χ4n) is 2.03. The Morgan fingerprint density at radius 2 is 1.87 bits per heavy atom. The second-order valence-corrected chi connectivity index (χ2v) is 7.70. The molecule has 9 heteroatoms. The Hall–Kier alpha value is -1.34. The highest BCUT2D eigenvalue weighted by Gasteiger charge is 2.54. The number of carbonyl (C=O) groups is 1. The van der Waals surface area contributed by atoms with Gasteiger partial charge in [0.05, 0.1) is 13.2 Å². The molecule has 0 aliphatic heterocycles. The number of rotatable bonds is 7. The third-order valence-electron chi connectivity index (χ3n) is 3.02. The third-order valence-corrected chi connectivity index (χ3v) is 6.26. The van der Waals surface area contributed by atoms with Crippen molar-refractivity contribution in [3.63, 3.8) is 0 Å². The Kier molecular flexibility index (Phi) is 5.20. The molecular formula is C14H15F2O5PS. The summed E-state index contributed by atoms with van der Waals surface area (Å²) in [6, 6.07) is 4.89. The van der Waals surface area contributed by atoms with E-state index in [9.17, 15) is 18.1 Å². The second-order valence-electron chi connectivity index (χ2n) is 4.54. The van der Waals surface area contributed by atoms with Crippen LogP contribution < -0.4 is 0 Å². The van der Waals surface area contributed by atoms with Crippen LogP contribution in [-0.2, 0) is 19.3 Å². The first-order valence-electron chi connectivity index (χ1n) is 6.79. The van der Waals surface area contributed by atoms with E-state index >= 15 is 0 Å². The van der Waals surface area contributed by atoms with Crippen molar-refractivity contribution in [3.8, 4) is 0 Å². The third kappa shape index (κ3) is 3.30. The highest BCUT2D eigenvalue weighted by atomic mass is 32.1. The summed E-state index contributed by atoms with van der Waals surface area (Å²) in [4.78, 5) is 11.0. The lowest BCUT2D eigenvalue weighted by Crippen LogP contribution is -2.18. The first kappa shape index (κ1) is 18.0. The molecule has 1 aromatic carbocycles. The first-order valence-corrected chi connectivity index (χ1v) is 9.15. The molecule has 5 nitrogen and oxygen atoms in total. The summed E-state index contributed by atoms with van der Waals surface area (Å²) in [6.45, 7) is 2.53. The lowest BCUT2D eigenvalue weighted by molar-refractivity contribution is 0.0362. The van der Waals surface area contributed by atoms with Crippen LogP contribution in [0.15, 0.2) is 24.3 Å². The van der Waals surface area contributed by atoms with E-state index in [0.29, 0.717) is 10.1 Å². The molecule has 0 radical (unpaired) electrons. The van der Waals surface area contributed by atoms with Crippen molar-refractivity contribution in [2.45, 2.75) is 19.5 Å². The van der Waals surface area contributed by atoms with E-state index in [4.69, 9.17) is 14.2 Å². The maximum Gasteiger partial charge on any atom is 0.404 e. The average Bonchev–Trinajstić information content (AvgIpc) is 2.90. The van der Waals surface area contributed by atoms with Crippen LogP contribution in [0.3, 0.4) is 0 Å². The number of halogens is 2. The molecule has 1 aromatic heterocycles. The van der Waals surface area contributed by atoms with Gasteiger partial charge in [-0.05, 0) is 37.4 Å². The Balaban J connectivity index is 2.51. The maximum atomic E-state index is 14.6. The number of aromatic carboxylic acids is 1. The molecule has 1 heterocycles. The quantitative estimate of drug-likeness (QED) is 0.707. The van der Waals surface area contributed by atoms with Crippen LogP contribution in [0.25, 0.3) is 10.1 Å². The zero-order valence-corrected chi connectivity index (χ0v) is 14.1. The van der Waals surface area contributed by atoms with E-state index < -0.39 is 24.8 Å². The first-order chi connectivity index (χ1) is 10.7. The van der Waals surface area contributed by atoms with Gasteiger partial charge in [0.2, 0.25) is 0 Å². The fourth-order valence-corrected chi connectivity index (χ4v) is 4.45. The van der Waals surface area contributed by atoms with Gasteiger partial charge in [0, 0.05) is 10.3 Å². The molecule has 2 aromatic rings. The van der Waals surface area contributed by atoms with Gasteiger partial charge in [0.25, 0.3) is 0 Å². The SMILES string of the molecule is CCOP(=O)(OCC)C(F)(F)c1ccc2sc(C(=O)O)cc2c1. The number of alkyl halides is 2. The highest BCUT2D eigenvalue weighted by molar-refractivity contribution is 7.54. The lowest BCUT2D eigenvalue weighted by atomic mass is 10.1. The molecule has 0 amide bonds. The minimum Gasteiger partial charge on any atom is -0.477 e. The van der Waals surface area contributed by atoms with Crippen molar-refractivity contribution in [3.05, 3.63) is 34.7 Å². The molecule has 1 N–H and O–H groups in total. The van der Waals surface area contributed by atoms with Crippen LogP contribution in [0, 0.1) is 0 Å². The molecule has 23 heavy (non-hydrogen) atoms. The molecule has 0 fully saturated rings. The lowest BCUT2D eigenvalue weighted by Gasteiger charge is -2.26. The van der Waals surface area contributed by atoms with E-state index in [1.807, 2.05) is 0 Å². The van der Waals surface area contributed by atoms with Gasteiger partial charge in [0.1, 0.15) is 4.88 Å². The number of hydrogen-bond donors (Lipinski definition) is 1. The Morgan fingerprint density at radius 3 is 2.39 bits per heavy atom. The molecule has 0 saturated carbocycles. The molecule has 0 aliphatic rings. The maximum absolute atomic E-state index is 14.6. The molecule has 0 atom stereocenters. The van der Waals surface area contributed by atoms with Gasteiger partial charge in [0.15, 0.2) is 0 Å². The van der Waals surface area contributed by atoms with Crippen LogP contribution in [0.1, 0.15) is 29.1 Å². The molecule has 126 valence electrons. The number of carboxylic acids is 1. The minimum absolute atomic E-state index is 0.0401. The summed E-state index contributed by atoms with van der Waals surface area (Å²) in [7, 11) is -4.68. The number of benzene rings is 1. The largest absolute Gasteiger partial charge is 0.477 e. The van der Waals surface area contributed by atoms with E-state index in [1.54, 1.807) is 0 Å². The summed E-state index contributed by atoms with van der Waals surface area (Å²) in [5, 5.41) is 9.30. The van der Waals surface area contributed by atoms with Crippen molar-refractivity contribution in [2.24, 2.45) is 0 Å². The van der Waals surface area contributed by atoms with Crippen LogP contribution in [0.5, 0.6) is 0 Å². The molecular weight excluding hydrogens is 349 g/mol. The van der Waals surface area contributed by atoms with Crippen LogP contribution in [-0.4, -0.2) is 24.3 Å². The van der Waals surface area contributed by atoms with Crippen molar-refractivity contribution in [1.82, 2.24) is 0 Å². The van der Waals surface area contributed by atoms with Crippen LogP contribution in [0.4, 0.5) is 8.78 Å². The molecule has 0 spiro atoms. The Labute approximate surface area is 135 Å². The molecule has 2 rings (SSSR count). The predicted octanol–water partition coefficient (Wildman–Crippen LogP) is 4.91. The minimum atomic E-state index is -4.68. The average molecular weight is 364 g/mol. The van der Waals surface area contributed by atoms with Gasteiger partial charge in [-0.1, -0.05) is 6.07 Å². The zero-order valence-electron chi connectivity index (χ0n) is 12.4. The van der Waals surface area contributed by atoms with E-state index in [1.165, 1.54) is 26.0 Å². The van der Waals surface area contributed by atoms with Crippen molar-refractivity contribution < 1.29 is 32.3 Å². The highest BCUT2D eigenvalue weighted by Crippen LogP contribution is 2.66. The second kappa shape index (κ2) is 6.65. The number of thiophene rings is 1. The molecule has 0 saturated heterocycles.